The van der Waals surface area contributed by atoms with Crippen LogP contribution < -0.4 is 0 Å². The summed E-state index contributed by atoms with van der Waals surface area (Å²) in [5, 5.41) is 0.737. The molecule has 1 unspecified atom stereocenters. The number of carbonyl (C=O) groups is 1. The average molecular weight is 414 g/mol. The van der Waals surface area contributed by atoms with Crippen molar-refractivity contribution in [2.75, 3.05) is 32.7 Å². The largest absolute Gasteiger partial charge is 0.368 e. The molecule has 1 aromatic carbocycles. The van der Waals surface area contributed by atoms with E-state index in [2.05, 4.69) is 16.8 Å². The highest BCUT2D eigenvalue weighted by molar-refractivity contribution is 6.31. The summed E-state index contributed by atoms with van der Waals surface area (Å²) in [6.45, 7) is 6.33. The number of hydrogen-bond donors (Lipinski definition) is 0. The van der Waals surface area contributed by atoms with Crippen LogP contribution >= 0.6 is 11.6 Å². The molecule has 5 nitrogen and oxygen atoms in total. The lowest BCUT2D eigenvalue weighted by Gasteiger charge is -2.49. The van der Waals surface area contributed by atoms with Gasteiger partial charge >= 0.3 is 0 Å². The lowest BCUT2D eigenvalue weighted by atomic mass is 9.88. The second kappa shape index (κ2) is 8.82. The van der Waals surface area contributed by atoms with Gasteiger partial charge in [0, 0.05) is 44.1 Å². The molecule has 0 aliphatic carbocycles. The average Bonchev–Trinajstić information content (AvgIpc) is 2.74. The van der Waals surface area contributed by atoms with Crippen LogP contribution in [0.4, 0.5) is 0 Å². The van der Waals surface area contributed by atoms with Gasteiger partial charge in [0.15, 0.2) is 0 Å². The number of pyridine rings is 1. The number of morpholine rings is 1. The lowest BCUT2D eigenvalue weighted by molar-refractivity contribution is -0.161. The van der Waals surface area contributed by atoms with E-state index in [1.54, 1.807) is 12.4 Å². The fourth-order valence-corrected chi connectivity index (χ4v) is 4.70. The number of ether oxygens (including phenoxy) is 1. The third kappa shape index (κ3) is 4.80. The van der Waals surface area contributed by atoms with E-state index in [-0.39, 0.29) is 17.6 Å². The van der Waals surface area contributed by atoms with Crippen molar-refractivity contribution in [1.82, 2.24) is 14.8 Å². The van der Waals surface area contributed by atoms with Crippen LogP contribution in [-0.2, 0) is 11.2 Å². The zero-order valence-corrected chi connectivity index (χ0v) is 17.6. The van der Waals surface area contributed by atoms with E-state index in [4.69, 9.17) is 16.3 Å². The highest BCUT2D eigenvalue weighted by Gasteiger charge is 2.43. The summed E-state index contributed by atoms with van der Waals surface area (Å²) in [4.78, 5) is 21.5. The van der Waals surface area contributed by atoms with Gasteiger partial charge in [0.05, 0.1) is 23.3 Å². The van der Waals surface area contributed by atoms with Gasteiger partial charge in [0.1, 0.15) is 0 Å². The number of amides is 1. The molecule has 2 fully saturated rings. The number of rotatable bonds is 4. The molecular weight excluding hydrogens is 386 g/mol. The molecule has 1 atom stereocenters. The predicted molar refractivity (Wildman–Crippen MR) is 114 cm³/mol. The molecule has 6 heteroatoms. The Morgan fingerprint density at radius 1 is 1.24 bits per heavy atom. The van der Waals surface area contributed by atoms with Crippen LogP contribution in [0.25, 0.3) is 0 Å². The molecule has 0 N–H and O–H groups in total. The van der Waals surface area contributed by atoms with E-state index in [1.165, 1.54) is 0 Å². The minimum atomic E-state index is -0.229. The molecule has 4 rings (SSSR count). The Morgan fingerprint density at radius 2 is 2.00 bits per heavy atom. The van der Waals surface area contributed by atoms with Gasteiger partial charge in [0.25, 0.3) is 5.91 Å². The van der Waals surface area contributed by atoms with Crippen LogP contribution in [0.2, 0.25) is 5.02 Å². The summed E-state index contributed by atoms with van der Waals surface area (Å²) in [6.07, 6.45) is 6.36. The number of carbonyl (C=O) groups excluding carboxylic acids is 1. The van der Waals surface area contributed by atoms with Crippen molar-refractivity contribution in [3.8, 4) is 0 Å². The fourth-order valence-electron chi connectivity index (χ4n) is 4.49. The standard InChI is InChI=1S/C23H28ClN3O2/c1-18-16-27(22(28)20-5-3-2-4-6-20)17-23(29-18)9-13-26(14-10-23)12-8-19-7-11-25-15-21(19)24/h2-7,11,15,18H,8-10,12-14,16-17H2,1H3. The molecule has 1 spiro atoms. The van der Waals surface area contributed by atoms with Gasteiger partial charge in [-0.25, -0.2) is 0 Å². The molecule has 1 amide bonds. The van der Waals surface area contributed by atoms with E-state index in [1.807, 2.05) is 41.3 Å². The smallest absolute Gasteiger partial charge is 0.254 e. The maximum atomic E-state index is 13.0. The van der Waals surface area contributed by atoms with E-state index >= 15 is 0 Å². The van der Waals surface area contributed by atoms with Gasteiger partial charge in [-0.2, -0.15) is 0 Å². The maximum Gasteiger partial charge on any atom is 0.254 e. The third-order valence-corrected chi connectivity index (χ3v) is 6.38. The summed E-state index contributed by atoms with van der Waals surface area (Å²) in [5.74, 6) is 0.106. The summed E-state index contributed by atoms with van der Waals surface area (Å²) >= 11 is 6.23. The molecular formula is C23H28ClN3O2. The van der Waals surface area contributed by atoms with Crippen molar-refractivity contribution in [1.29, 1.82) is 0 Å². The Hall–Kier alpha value is -1.95. The molecule has 2 aromatic rings. The highest BCUT2D eigenvalue weighted by atomic mass is 35.5. The van der Waals surface area contributed by atoms with Gasteiger partial charge < -0.3 is 14.5 Å². The number of aromatic nitrogens is 1. The van der Waals surface area contributed by atoms with E-state index in [0.717, 1.165) is 55.0 Å². The van der Waals surface area contributed by atoms with Crippen LogP contribution in [0, 0.1) is 0 Å². The summed E-state index contributed by atoms with van der Waals surface area (Å²) in [5.41, 5.74) is 1.67. The highest BCUT2D eigenvalue weighted by Crippen LogP contribution is 2.33. The van der Waals surface area contributed by atoms with Gasteiger partial charge in [-0.15, -0.1) is 0 Å². The fraction of sp³-hybridized carbons (Fsp3) is 0.478. The number of piperidine rings is 1. The van der Waals surface area contributed by atoms with Crippen molar-refractivity contribution in [2.45, 2.75) is 37.9 Å². The van der Waals surface area contributed by atoms with Crippen molar-refractivity contribution < 1.29 is 9.53 Å². The maximum absolute atomic E-state index is 13.0. The molecule has 154 valence electrons. The summed E-state index contributed by atoms with van der Waals surface area (Å²) < 4.78 is 6.41. The second-order valence-electron chi connectivity index (χ2n) is 8.22. The van der Waals surface area contributed by atoms with Crippen LogP contribution in [0.1, 0.15) is 35.7 Å². The zero-order valence-electron chi connectivity index (χ0n) is 16.9. The minimum Gasteiger partial charge on any atom is -0.368 e. The normalized spacial score (nSPS) is 22.0. The van der Waals surface area contributed by atoms with Crippen LogP contribution in [0.5, 0.6) is 0 Å². The van der Waals surface area contributed by atoms with E-state index < -0.39 is 0 Å². The monoisotopic (exact) mass is 413 g/mol. The van der Waals surface area contributed by atoms with Gasteiger partial charge in [0.2, 0.25) is 0 Å². The first kappa shape index (κ1) is 20.3. The Bertz CT molecular complexity index is 837. The lowest BCUT2D eigenvalue weighted by Crippen LogP contribution is -2.60. The Morgan fingerprint density at radius 3 is 2.72 bits per heavy atom. The molecule has 0 saturated carbocycles. The quantitative estimate of drug-likeness (QED) is 0.767. The topological polar surface area (TPSA) is 45.7 Å². The van der Waals surface area contributed by atoms with Crippen molar-refractivity contribution >= 4 is 17.5 Å². The number of nitrogens with zero attached hydrogens (tertiary/aromatic N) is 3. The molecule has 3 heterocycles. The first-order chi connectivity index (χ1) is 14.0. The first-order valence-electron chi connectivity index (χ1n) is 10.4. The molecule has 0 bridgehead atoms. The van der Waals surface area contributed by atoms with E-state index in [9.17, 15) is 4.79 Å². The molecule has 2 aliphatic heterocycles. The number of likely N-dealkylation sites (tertiary alicyclic amines) is 1. The molecule has 2 aliphatic rings. The minimum absolute atomic E-state index is 0.0542. The molecule has 0 radical (unpaired) electrons. The van der Waals surface area contributed by atoms with Crippen molar-refractivity contribution in [3.05, 3.63) is 64.9 Å². The Labute approximate surface area is 177 Å². The summed E-state index contributed by atoms with van der Waals surface area (Å²) in [7, 11) is 0. The Balaban J connectivity index is 1.35. The molecule has 2 saturated heterocycles. The number of benzene rings is 1. The van der Waals surface area contributed by atoms with Crippen LogP contribution in [-0.4, -0.2) is 65.1 Å². The van der Waals surface area contributed by atoms with Crippen molar-refractivity contribution in [3.63, 3.8) is 0 Å². The Kier molecular flexibility index (Phi) is 6.18. The zero-order chi connectivity index (χ0) is 20.3. The van der Waals surface area contributed by atoms with Gasteiger partial charge in [-0.05, 0) is 49.9 Å². The predicted octanol–water partition coefficient (Wildman–Crippen LogP) is 3.67. The van der Waals surface area contributed by atoms with Crippen molar-refractivity contribution in [2.24, 2.45) is 0 Å². The molecule has 29 heavy (non-hydrogen) atoms. The van der Waals surface area contributed by atoms with Crippen LogP contribution in [0.15, 0.2) is 48.8 Å². The first-order valence-corrected chi connectivity index (χ1v) is 10.8. The molecule has 1 aromatic heterocycles. The SMILES string of the molecule is CC1CN(C(=O)c2ccccc2)CC2(CCN(CCc3ccncc3Cl)CC2)O1. The third-order valence-electron chi connectivity index (χ3n) is 6.04. The van der Waals surface area contributed by atoms with Gasteiger partial charge in [-0.1, -0.05) is 29.8 Å². The van der Waals surface area contributed by atoms with E-state index in [0.29, 0.717) is 13.1 Å². The number of halogens is 1. The second-order valence-corrected chi connectivity index (χ2v) is 8.63. The van der Waals surface area contributed by atoms with Gasteiger partial charge in [-0.3, -0.25) is 9.78 Å². The number of hydrogen-bond acceptors (Lipinski definition) is 4. The van der Waals surface area contributed by atoms with Crippen LogP contribution in [0.3, 0.4) is 0 Å². The summed E-state index contributed by atoms with van der Waals surface area (Å²) in [6, 6.07) is 11.5.